The van der Waals surface area contributed by atoms with Gasteiger partial charge in [0, 0.05) is 0 Å². The first-order valence-corrected chi connectivity index (χ1v) is 8.54. The first-order chi connectivity index (χ1) is 13.0. The minimum absolute atomic E-state index is 0.210. The van der Waals surface area contributed by atoms with Crippen LogP contribution in [0.3, 0.4) is 0 Å². The Morgan fingerprint density at radius 3 is 2.70 bits per heavy atom. The summed E-state index contributed by atoms with van der Waals surface area (Å²) in [6.07, 6.45) is 1.51. The topological polar surface area (TPSA) is 65.4 Å². The van der Waals surface area contributed by atoms with Crippen LogP contribution in [0.5, 0.6) is 11.5 Å². The normalized spacial score (nSPS) is 13.4. The Kier molecular flexibility index (Phi) is 4.27. The summed E-state index contributed by atoms with van der Waals surface area (Å²) in [5.74, 6) is 0.827. The van der Waals surface area contributed by atoms with Gasteiger partial charge >= 0.3 is 0 Å². The molecule has 0 fully saturated rings. The van der Waals surface area contributed by atoms with Gasteiger partial charge in [-0.3, -0.25) is 4.79 Å². The van der Waals surface area contributed by atoms with Gasteiger partial charge in [-0.2, -0.15) is 5.10 Å². The lowest BCUT2D eigenvalue weighted by atomic mass is 10.1. The Morgan fingerprint density at radius 2 is 1.93 bits per heavy atom. The fourth-order valence-electron chi connectivity index (χ4n) is 3.02. The summed E-state index contributed by atoms with van der Waals surface area (Å²) in [6, 6.07) is 11.3. The van der Waals surface area contributed by atoms with E-state index in [4.69, 9.17) is 9.47 Å². The number of amides is 1. The van der Waals surface area contributed by atoms with Crippen molar-refractivity contribution in [3.05, 3.63) is 71.3 Å². The molecule has 0 aliphatic carbocycles. The van der Waals surface area contributed by atoms with Crippen molar-refractivity contribution in [2.24, 2.45) is 0 Å². The standard InChI is InChI=1S/C20H18FN3O3/c1-12(14-3-8-18-19(9-14)27-11-26-18)23-20(25)17-10-22-24(13(17)2)16-6-4-15(21)5-7-16/h3-10,12H,11H2,1-2H3,(H,23,25). The molecule has 1 aliphatic rings. The zero-order chi connectivity index (χ0) is 19.0. The van der Waals surface area contributed by atoms with E-state index in [1.807, 2.05) is 25.1 Å². The molecule has 1 aliphatic heterocycles. The number of halogens is 1. The molecular formula is C20H18FN3O3. The van der Waals surface area contributed by atoms with Crippen LogP contribution in [0, 0.1) is 12.7 Å². The van der Waals surface area contributed by atoms with E-state index < -0.39 is 0 Å². The van der Waals surface area contributed by atoms with E-state index in [-0.39, 0.29) is 24.6 Å². The fourth-order valence-corrected chi connectivity index (χ4v) is 3.02. The van der Waals surface area contributed by atoms with Gasteiger partial charge in [-0.1, -0.05) is 6.07 Å². The number of carbonyl (C=O) groups is 1. The van der Waals surface area contributed by atoms with Gasteiger partial charge in [-0.25, -0.2) is 9.07 Å². The zero-order valence-corrected chi connectivity index (χ0v) is 14.9. The third-order valence-corrected chi connectivity index (χ3v) is 4.57. The minimum atomic E-state index is -0.320. The molecular weight excluding hydrogens is 349 g/mol. The number of carbonyl (C=O) groups excluding carboxylic acids is 1. The monoisotopic (exact) mass is 367 g/mol. The van der Waals surface area contributed by atoms with E-state index in [1.165, 1.54) is 18.3 Å². The van der Waals surface area contributed by atoms with Gasteiger partial charge < -0.3 is 14.8 Å². The highest BCUT2D eigenvalue weighted by molar-refractivity contribution is 5.95. The number of nitrogens with one attached hydrogen (secondary N) is 1. The summed E-state index contributed by atoms with van der Waals surface area (Å²) in [5.41, 5.74) is 2.75. The van der Waals surface area contributed by atoms with Gasteiger partial charge in [-0.15, -0.1) is 0 Å². The van der Waals surface area contributed by atoms with Crippen LogP contribution in [0.1, 0.15) is 34.6 Å². The maximum atomic E-state index is 13.1. The number of benzene rings is 2. The second kappa shape index (κ2) is 6.75. The number of nitrogens with zero attached hydrogens (tertiary/aromatic N) is 2. The third-order valence-electron chi connectivity index (χ3n) is 4.57. The summed E-state index contributed by atoms with van der Waals surface area (Å²) in [5, 5.41) is 7.23. The molecule has 138 valence electrons. The molecule has 0 radical (unpaired) electrons. The maximum Gasteiger partial charge on any atom is 0.255 e. The van der Waals surface area contributed by atoms with Crippen LogP contribution in [0.15, 0.2) is 48.7 Å². The summed E-state index contributed by atoms with van der Waals surface area (Å²) in [6.45, 7) is 3.91. The molecule has 6 nitrogen and oxygen atoms in total. The third kappa shape index (κ3) is 3.23. The predicted octanol–water partition coefficient (Wildman–Crippen LogP) is 3.54. The lowest BCUT2D eigenvalue weighted by Gasteiger charge is -2.15. The van der Waals surface area contributed by atoms with Gasteiger partial charge in [0.1, 0.15) is 5.82 Å². The number of hydrogen-bond acceptors (Lipinski definition) is 4. The van der Waals surface area contributed by atoms with Crippen LogP contribution >= 0.6 is 0 Å². The highest BCUT2D eigenvalue weighted by Crippen LogP contribution is 2.34. The van der Waals surface area contributed by atoms with E-state index in [9.17, 15) is 9.18 Å². The van der Waals surface area contributed by atoms with Crippen LogP contribution < -0.4 is 14.8 Å². The van der Waals surface area contributed by atoms with Gasteiger partial charge in [0.25, 0.3) is 5.91 Å². The Labute approximate surface area is 155 Å². The molecule has 1 atom stereocenters. The number of aromatic nitrogens is 2. The maximum absolute atomic E-state index is 13.1. The summed E-state index contributed by atoms with van der Waals surface area (Å²) in [7, 11) is 0. The van der Waals surface area contributed by atoms with E-state index in [1.54, 1.807) is 23.7 Å². The number of fused-ring (bicyclic) bond motifs is 1. The molecule has 27 heavy (non-hydrogen) atoms. The summed E-state index contributed by atoms with van der Waals surface area (Å²) < 4.78 is 25.4. The van der Waals surface area contributed by atoms with Crippen LogP contribution in [0.25, 0.3) is 5.69 Å². The average Bonchev–Trinajstić information content (AvgIpc) is 3.28. The van der Waals surface area contributed by atoms with Crippen molar-refractivity contribution in [2.45, 2.75) is 19.9 Å². The molecule has 4 rings (SSSR count). The van der Waals surface area contributed by atoms with Gasteiger partial charge in [0.05, 0.1) is 29.2 Å². The van der Waals surface area contributed by atoms with E-state index in [2.05, 4.69) is 10.4 Å². The second-order valence-electron chi connectivity index (χ2n) is 6.34. The minimum Gasteiger partial charge on any atom is -0.454 e. The van der Waals surface area contributed by atoms with E-state index in [0.717, 1.165) is 5.56 Å². The molecule has 0 saturated carbocycles. The van der Waals surface area contributed by atoms with Crippen molar-refractivity contribution in [3.8, 4) is 17.2 Å². The van der Waals surface area contributed by atoms with Gasteiger partial charge in [0.15, 0.2) is 11.5 Å². The van der Waals surface area contributed by atoms with Crippen LogP contribution in [0.4, 0.5) is 4.39 Å². The SMILES string of the molecule is Cc1c(C(=O)NC(C)c2ccc3c(c2)OCO3)cnn1-c1ccc(F)cc1. The summed E-state index contributed by atoms with van der Waals surface area (Å²) >= 11 is 0. The molecule has 0 bridgehead atoms. The van der Waals surface area contributed by atoms with Crippen LogP contribution in [-0.2, 0) is 0 Å². The average molecular weight is 367 g/mol. The van der Waals surface area contributed by atoms with Crippen molar-refractivity contribution in [1.82, 2.24) is 15.1 Å². The number of ether oxygens (including phenoxy) is 2. The van der Waals surface area contributed by atoms with Crippen molar-refractivity contribution < 1.29 is 18.7 Å². The molecule has 1 amide bonds. The highest BCUT2D eigenvalue weighted by Gasteiger charge is 2.20. The Morgan fingerprint density at radius 1 is 1.19 bits per heavy atom. The molecule has 2 aromatic carbocycles. The molecule has 0 spiro atoms. The van der Waals surface area contributed by atoms with Gasteiger partial charge in [0.2, 0.25) is 6.79 Å². The quantitative estimate of drug-likeness (QED) is 0.766. The highest BCUT2D eigenvalue weighted by atomic mass is 19.1. The Hall–Kier alpha value is -3.35. The lowest BCUT2D eigenvalue weighted by Crippen LogP contribution is -2.27. The smallest absolute Gasteiger partial charge is 0.255 e. The predicted molar refractivity (Wildman–Crippen MR) is 96.7 cm³/mol. The van der Waals surface area contributed by atoms with E-state index in [0.29, 0.717) is 28.4 Å². The van der Waals surface area contributed by atoms with Crippen molar-refractivity contribution in [2.75, 3.05) is 6.79 Å². The first kappa shape index (κ1) is 17.1. The molecule has 2 heterocycles. The largest absolute Gasteiger partial charge is 0.454 e. The Bertz CT molecular complexity index is 998. The number of rotatable bonds is 4. The van der Waals surface area contributed by atoms with Crippen molar-refractivity contribution in [1.29, 1.82) is 0 Å². The zero-order valence-electron chi connectivity index (χ0n) is 14.9. The van der Waals surface area contributed by atoms with E-state index >= 15 is 0 Å². The second-order valence-corrected chi connectivity index (χ2v) is 6.34. The van der Waals surface area contributed by atoms with Gasteiger partial charge in [-0.05, 0) is 55.8 Å². The number of hydrogen-bond donors (Lipinski definition) is 1. The van der Waals surface area contributed by atoms with Crippen LogP contribution in [0.2, 0.25) is 0 Å². The molecule has 3 aromatic rings. The fraction of sp³-hybridized carbons (Fsp3) is 0.200. The van der Waals surface area contributed by atoms with Crippen LogP contribution in [-0.4, -0.2) is 22.5 Å². The lowest BCUT2D eigenvalue weighted by molar-refractivity contribution is 0.0939. The molecule has 1 aromatic heterocycles. The van der Waals surface area contributed by atoms with Crippen molar-refractivity contribution in [3.63, 3.8) is 0 Å². The van der Waals surface area contributed by atoms with Crippen molar-refractivity contribution >= 4 is 5.91 Å². The first-order valence-electron chi connectivity index (χ1n) is 8.54. The molecule has 0 saturated heterocycles. The molecule has 7 heteroatoms. The molecule has 1 unspecified atom stereocenters. The molecule has 1 N–H and O–H groups in total. The Balaban J connectivity index is 1.52. The summed E-state index contributed by atoms with van der Waals surface area (Å²) in [4.78, 5) is 12.7.